The molecule has 0 saturated heterocycles. The first-order valence-corrected chi connectivity index (χ1v) is 3.92. The third kappa shape index (κ3) is 2.14. The van der Waals surface area contributed by atoms with Crippen LogP contribution in [0, 0.1) is 0 Å². The zero-order valence-corrected chi connectivity index (χ0v) is 7.23. The summed E-state index contributed by atoms with van der Waals surface area (Å²) in [6.07, 6.45) is 1.46. The highest BCUT2D eigenvalue weighted by molar-refractivity contribution is 6.33. The van der Waals surface area contributed by atoms with Gasteiger partial charge in [0.2, 0.25) is 5.78 Å². The lowest BCUT2D eigenvalue weighted by Gasteiger charge is -2.00. The number of hydrogen-bond donors (Lipinski definition) is 1. The molecule has 0 saturated carbocycles. The van der Waals surface area contributed by atoms with Gasteiger partial charge in [0.15, 0.2) is 0 Å². The first kappa shape index (κ1) is 9.44. The zero-order valence-electron chi connectivity index (χ0n) is 7.23. The lowest BCUT2D eigenvalue weighted by molar-refractivity contribution is -0.148. The normalized spacial score (nSPS) is 9.92. The smallest absolute Gasteiger partial charge is 0.372 e. The van der Waals surface area contributed by atoms with Gasteiger partial charge in [-0.25, -0.2) is 4.79 Å². The van der Waals surface area contributed by atoms with Crippen molar-refractivity contribution >= 4 is 11.8 Å². The van der Waals surface area contributed by atoms with Crippen molar-refractivity contribution in [2.24, 2.45) is 0 Å². The molecular weight excluding hydrogens is 172 g/mol. The molecular formula is C8H10N2O3. The molecule has 5 heteroatoms. The molecule has 0 amide bonds. The van der Waals surface area contributed by atoms with Crippen LogP contribution in [0.25, 0.3) is 0 Å². The molecule has 70 valence electrons. The third-order valence-electron chi connectivity index (χ3n) is 1.68. The number of aliphatic carboxylic acids is 1. The number of carbonyl (C=O) groups is 2. The van der Waals surface area contributed by atoms with E-state index in [2.05, 4.69) is 5.10 Å². The number of carboxylic acids is 1. The van der Waals surface area contributed by atoms with Crippen molar-refractivity contribution in [1.29, 1.82) is 0 Å². The van der Waals surface area contributed by atoms with Crippen LogP contribution in [0.3, 0.4) is 0 Å². The predicted molar refractivity (Wildman–Crippen MR) is 44.2 cm³/mol. The molecule has 0 unspecified atom stereocenters. The zero-order chi connectivity index (χ0) is 9.84. The highest BCUT2D eigenvalue weighted by atomic mass is 16.4. The lowest BCUT2D eigenvalue weighted by atomic mass is 10.2. The van der Waals surface area contributed by atoms with E-state index in [9.17, 15) is 9.59 Å². The van der Waals surface area contributed by atoms with Crippen LogP contribution in [0.15, 0.2) is 12.3 Å². The number of ketones is 1. The van der Waals surface area contributed by atoms with Crippen LogP contribution < -0.4 is 0 Å². The average Bonchev–Trinajstić information content (AvgIpc) is 2.51. The Bertz CT molecular complexity index is 330. The van der Waals surface area contributed by atoms with Gasteiger partial charge < -0.3 is 5.11 Å². The number of carboxylic acid groups (broad SMARTS) is 1. The van der Waals surface area contributed by atoms with Crippen molar-refractivity contribution in [2.45, 2.75) is 19.9 Å². The summed E-state index contributed by atoms with van der Waals surface area (Å²) in [5, 5.41) is 12.3. The second kappa shape index (κ2) is 3.84. The number of nitrogens with zero attached hydrogens (tertiary/aromatic N) is 2. The Morgan fingerprint density at radius 1 is 1.62 bits per heavy atom. The predicted octanol–water partition coefficient (Wildman–Crippen LogP) is 0.0992. The second-order valence-corrected chi connectivity index (χ2v) is 2.54. The Kier molecular flexibility index (Phi) is 2.79. The highest BCUT2D eigenvalue weighted by Crippen LogP contribution is 2.00. The van der Waals surface area contributed by atoms with E-state index in [0.29, 0.717) is 12.2 Å². The van der Waals surface area contributed by atoms with Gasteiger partial charge in [-0.15, -0.1) is 0 Å². The van der Waals surface area contributed by atoms with Gasteiger partial charge in [-0.05, 0) is 13.0 Å². The van der Waals surface area contributed by atoms with Crippen molar-refractivity contribution in [1.82, 2.24) is 9.78 Å². The minimum absolute atomic E-state index is 0.0941. The van der Waals surface area contributed by atoms with Crippen LogP contribution in [0.4, 0.5) is 0 Å². The van der Waals surface area contributed by atoms with Gasteiger partial charge in [0.25, 0.3) is 0 Å². The van der Waals surface area contributed by atoms with Crippen molar-refractivity contribution in [3.05, 3.63) is 18.0 Å². The summed E-state index contributed by atoms with van der Waals surface area (Å²) < 4.78 is 1.60. The molecule has 1 N–H and O–H groups in total. The maximum Gasteiger partial charge on any atom is 0.372 e. The van der Waals surface area contributed by atoms with Gasteiger partial charge in [-0.3, -0.25) is 9.48 Å². The molecule has 0 atom stereocenters. The van der Waals surface area contributed by atoms with Crippen molar-refractivity contribution in [2.75, 3.05) is 0 Å². The first-order chi connectivity index (χ1) is 6.15. The molecule has 0 radical (unpaired) electrons. The Morgan fingerprint density at radius 2 is 2.31 bits per heavy atom. The second-order valence-electron chi connectivity index (χ2n) is 2.54. The first-order valence-electron chi connectivity index (χ1n) is 3.92. The van der Waals surface area contributed by atoms with E-state index in [1.165, 1.54) is 0 Å². The highest BCUT2D eigenvalue weighted by Gasteiger charge is 2.14. The summed E-state index contributed by atoms with van der Waals surface area (Å²) >= 11 is 0. The standard InChI is InChI=1S/C8H10N2O3/c1-2-10-6(3-4-9-10)5-7(11)8(12)13/h3-4H,2,5H2,1H3,(H,12,13). The molecule has 0 bridgehead atoms. The molecule has 0 aliphatic rings. The van der Waals surface area contributed by atoms with Gasteiger partial charge in [0.05, 0.1) is 6.42 Å². The fourth-order valence-electron chi connectivity index (χ4n) is 1.04. The van der Waals surface area contributed by atoms with Crippen molar-refractivity contribution < 1.29 is 14.7 Å². The molecule has 1 aromatic rings. The largest absolute Gasteiger partial charge is 0.475 e. The van der Waals surface area contributed by atoms with Gasteiger partial charge >= 0.3 is 5.97 Å². The van der Waals surface area contributed by atoms with E-state index in [4.69, 9.17) is 5.11 Å². The molecule has 0 fully saturated rings. The molecule has 0 aromatic carbocycles. The lowest BCUT2D eigenvalue weighted by Crippen LogP contribution is -2.17. The number of Topliss-reactive ketones (excluding diaryl/α,β-unsaturated/α-hetero) is 1. The number of aromatic nitrogens is 2. The van der Waals surface area contributed by atoms with Gasteiger partial charge in [0, 0.05) is 18.4 Å². The summed E-state index contributed by atoms with van der Waals surface area (Å²) in [5.74, 6) is -2.21. The van der Waals surface area contributed by atoms with Gasteiger partial charge in [-0.2, -0.15) is 5.10 Å². The van der Waals surface area contributed by atoms with E-state index in [-0.39, 0.29) is 6.42 Å². The van der Waals surface area contributed by atoms with E-state index in [0.717, 1.165) is 0 Å². The summed E-state index contributed by atoms with van der Waals surface area (Å²) in [5.41, 5.74) is 0.634. The summed E-state index contributed by atoms with van der Waals surface area (Å²) in [6, 6.07) is 1.64. The van der Waals surface area contributed by atoms with E-state index >= 15 is 0 Å². The topological polar surface area (TPSA) is 72.2 Å². The molecule has 1 heterocycles. The average molecular weight is 182 g/mol. The van der Waals surface area contributed by atoms with Gasteiger partial charge in [0.1, 0.15) is 0 Å². The van der Waals surface area contributed by atoms with Crippen LogP contribution in [0.5, 0.6) is 0 Å². The van der Waals surface area contributed by atoms with Crippen molar-refractivity contribution in [3.8, 4) is 0 Å². The maximum absolute atomic E-state index is 10.8. The minimum Gasteiger partial charge on any atom is -0.475 e. The van der Waals surface area contributed by atoms with Crippen LogP contribution in [-0.4, -0.2) is 26.6 Å². The van der Waals surface area contributed by atoms with E-state index in [1.807, 2.05) is 6.92 Å². The Labute approximate surface area is 75.0 Å². The molecule has 0 aliphatic heterocycles. The van der Waals surface area contributed by atoms with Crippen LogP contribution >= 0.6 is 0 Å². The summed E-state index contributed by atoms with van der Waals surface area (Å²) in [6.45, 7) is 2.51. The fourth-order valence-corrected chi connectivity index (χ4v) is 1.04. The fraction of sp³-hybridized carbons (Fsp3) is 0.375. The number of hydrogen-bond acceptors (Lipinski definition) is 3. The number of carbonyl (C=O) groups excluding carboxylic acids is 1. The summed E-state index contributed by atoms with van der Waals surface area (Å²) in [4.78, 5) is 21.1. The molecule has 5 nitrogen and oxygen atoms in total. The van der Waals surface area contributed by atoms with E-state index < -0.39 is 11.8 Å². The quantitative estimate of drug-likeness (QED) is 0.670. The van der Waals surface area contributed by atoms with Crippen LogP contribution in [0.2, 0.25) is 0 Å². The van der Waals surface area contributed by atoms with Crippen molar-refractivity contribution in [3.63, 3.8) is 0 Å². The Balaban J connectivity index is 2.74. The molecule has 1 aromatic heterocycles. The number of aryl methyl sites for hydroxylation is 1. The Hall–Kier alpha value is -1.65. The summed E-state index contributed by atoms with van der Waals surface area (Å²) in [7, 11) is 0. The maximum atomic E-state index is 10.8. The monoisotopic (exact) mass is 182 g/mol. The Morgan fingerprint density at radius 3 is 2.85 bits per heavy atom. The number of rotatable bonds is 4. The minimum atomic E-state index is -1.40. The molecule has 1 rings (SSSR count). The third-order valence-corrected chi connectivity index (χ3v) is 1.68. The SMILES string of the molecule is CCn1nccc1CC(=O)C(=O)O. The molecule has 0 aliphatic carbocycles. The molecule has 13 heavy (non-hydrogen) atoms. The molecule has 0 spiro atoms. The van der Waals surface area contributed by atoms with Gasteiger partial charge in [-0.1, -0.05) is 0 Å². The van der Waals surface area contributed by atoms with E-state index in [1.54, 1.807) is 16.9 Å². The van der Waals surface area contributed by atoms with Crippen LogP contribution in [0.1, 0.15) is 12.6 Å². The van der Waals surface area contributed by atoms with Crippen LogP contribution in [-0.2, 0) is 22.6 Å².